The zero-order valence-corrected chi connectivity index (χ0v) is 16.0. The van der Waals surface area contributed by atoms with Crippen molar-refractivity contribution in [3.05, 3.63) is 70.5 Å². The molecule has 0 saturated carbocycles. The molecule has 0 spiro atoms. The molecular weight excluding hydrogens is 381 g/mol. The van der Waals surface area contributed by atoms with Gasteiger partial charge in [-0.05, 0) is 59.9 Å². The predicted octanol–water partition coefficient (Wildman–Crippen LogP) is 5.07. The molecule has 2 aromatic carbocycles. The minimum Gasteiger partial charge on any atom is -0.497 e. The predicted molar refractivity (Wildman–Crippen MR) is 104 cm³/mol. The van der Waals surface area contributed by atoms with Crippen LogP contribution in [0.2, 0.25) is 0 Å². The maximum absolute atomic E-state index is 13.8. The normalized spacial score (nSPS) is 20.6. The molecule has 2 aliphatic rings. The van der Waals surface area contributed by atoms with Gasteiger partial charge in [0.15, 0.2) is 23.3 Å². The second-order valence-corrected chi connectivity index (χ2v) is 7.09. The molecule has 2 aromatic rings. The van der Waals surface area contributed by atoms with Crippen LogP contribution in [-0.2, 0) is 4.84 Å². The van der Waals surface area contributed by atoms with E-state index in [1.54, 1.807) is 7.11 Å². The first kappa shape index (κ1) is 19.4. The van der Waals surface area contributed by atoms with Gasteiger partial charge in [0.2, 0.25) is 0 Å². The Morgan fingerprint density at radius 1 is 1.17 bits per heavy atom. The molecule has 2 aliphatic heterocycles. The molecule has 2 heterocycles. The van der Waals surface area contributed by atoms with Crippen LogP contribution in [0.3, 0.4) is 0 Å². The molecule has 1 atom stereocenters. The number of amidine groups is 1. The van der Waals surface area contributed by atoms with Gasteiger partial charge in [0, 0.05) is 13.0 Å². The minimum atomic E-state index is -1.45. The molecule has 1 fully saturated rings. The third-order valence-electron chi connectivity index (χ3n) is 5.24. The van der Waals surface area contributed by atoms with Gasteiger partial charge in [-0.3, -0.25) is 0 Å². The van der Waals surface area contributed by atoms with Crippen LogP contribution in [0.5, 0.6) is 5.75 Å². The number of fused-ring (bicyclic) bond motifs is 1. The number of ether oxygens (including phenoxy) is 1. The molecule has 152 valence electrons. The summed E-state index contributed by atoms with van der Waals surface area (Å²) < 4.78 is 46.4. The zero-order valence-electron chi connectivity index (χ0n) is 16.0. The van der Waals surface area contributed by atoms with Crippen molar-refractivity contribution in [2.45, 2.75) is 25.3 Å². The number of hydrogen-bond acceptors (Lipinski definition) is 4. The molecule has 29 heavy (non-hydrogen) atoms. The van der Waals surface area contributed by atoms with Crippen molar-refractivity contribution >= 4 is 11.9 Å². The van der Waals surface area contributed by atoms with Crippen LogP contribution in [0.1, 0.15) is 36.4 Å². The summed E-state index contributed by atoms with van der Waals surface area (Å²) >= 11 is 0. The van der Waals surface area contributed by atoms with Crippen molar-refractivity contribution < 1.29 is 22.7 Å². The van der Waals surface area contributed by atoms with Gasteiger partial charge >= 0.3 is 0 Å². The topological polar surface area (TPSA) is 34.1 Å². The second-order valence-electron chi connectivity index (χ2n) is 7.09. The van der Waals surface area contributed by atoms with Gasteiger partial charge in [0.1, 0.15) is 12.4 Å². The van der Waals surface area contributed by atoms with Gasteiger partial charge in [0.25, 0.3) is 0 Å². The maximum Gasteiger partial charge on any atom is 0.194 e. The molecule has 4 nitrogen and oxygen atoms in total. The summed E-state index contributed by atoms with van der Waals surface area (Å²) in [5.74, 6) is -2.43. The zero-order chi connectivity index (χ0) is 20.4. The average molecular weight is 402 g/mol. The van der Waals surface area contributed by atoms with E-state index in [1.807, 2.05) is 35.2 Å². The Balaban J connectivity index is 1.70. The van der Waals surface area contributed by atoms with Crippen LogP contribution in [0.15, 0.2) is 47.1 Å². The van der Waals surface area contributed by atoms with Crippen molar-refractivity contribution in [3.8, 4) is 5.75 Å². The summed E-state index contributed by atoms with van der Waals surface area (Å²) in [6.45, 7) is 0.973. The van der Waals surface area contributed by atoms with E-state index in [4.69, 9.17) is 9.57 Å². The third-order valence-corrected chi connectivity index (χ3v) is 5.24. The van der Waals surface area contributed by atoms with Gasteiger partial charge in [0.05, 0.1) is 13.2 Å². The number of nitrogens with zero attached hydrogens (tertiary/aromatic N) is 2. The molecule has 1 saturated heterocycles. The largest absolute Gasteiger partial charge is 0.497 e. The highest BCUT2D eigenvalue weighted by Gasteiger charge is 2.32. The lowest BCUT2D eigenvalue weighted by atomic mass is 9.95. The highest BCUT2D eigenvalue weighted by Crippen LogP contribution is 2.34. The van der Waals surface area contributed by atoms with Crippen LogP contribution in [-0.4, -0.2) is 31.0 Å². The van der Waals surface area contributed by atoms with Crippen molar-refractivity contribution in [1.82, 2.24) is 4.90 Å². The summed E-state index contributed by atoms with van der Waals surface area (Å²) in [6.07, 6.45) is 4.17. The maximum atomic E-state index is 13.8. The number of piperidine rings is 1. The van der Waals surface area contributed by atoms with Gasteiger partial charge in [-0.25, -0.2) is 13.2 Å². The van der Waals surface area contributed by atoms with E-state index in [1.165, 1.54) is 0 Å². The fourth-order valence-corrected chi connectivity index (χ4v) is 3.87. The number of oxime groups is 1. The SMILES string of the molecule is COc1cccc(/C=C2\CCCN3C2=NOCCC3c2cc(F)c(F)c(F)c2)c1. The molecule has 1 unspecified atom stereocenters. The van der Waals surface area contributed by atoms with Crippen molar-refractivity contribution in [1.29, 1.82) is 0 Å². The van der Waals surface area contributed by atoms with E-state index >= 15 is 0 Å². The highest BCUT2D eigenvalue weighted by molar-refractivity contribution is 6.02. The summed E-state index contributed by atoms with van der Waals surface area (Å²) in [7, 11) is 1.61. The molecule has 7 heteroatoms. The molecule has 0 N–H and O–H groups in total. The highest BCUT2D eigenvalue weighted by atomic mass is 19.2. The summed E-state index contributed by atoms with van der Waals surface area (Å²) in [4.78, 5) is 7.43. The summed E-state index contributed by atoms with van der Waals surface area (Å²) in [6, 6.07) is 9.44. The van der Waals surface area contributed by atoms with Crippen molar-refractivity contribution in [3.63, 3.8) is 0 Å². The number of halogens is 3. The molecule has 4 rings (SSSR count). The Labute approximate surface area is 167 Å². The van der Waals surface area contributed by atoms with Gasteiger partial charge < -0.3 is 14.5 Å². The van der Waals surface area contributed by atoms with Crippen molar-refractivity contribution in [2.24, 2.45) is 5.16 Å². The molecule has 0 radical (unpaired) electrons. The standard InChI is InChI=1S/C22H21F3N2O2/c1-28-17-6-2-4-14(11-17)10-15-5-3-8-27-20(7-9-29-26-22(15)27)16-12-18(23)21(25)19(24)13-16/h2,4,6,10-13,20H,3,5,7-9H2,1H3/b15-10+. The van der Waals surface area contributed by atoms with E-state index in [-0.39, 0.29) is 6.04 Å². The van der Waals surface area contributed by atoms with Crippen LogP contribution >= 0.6 is 0 Å². The average Bonchev–Trinajstić information content (AvgIpc) is 2.95. The Kier molecular flexibility index (Phi) is 5.47. The Morgan fingerprint density at radius 3 is 2.72 bits per heavy atom. The first-order valence-corrected chi connectivity index (χ1v) is 9.53. The summed E-state index contributed by atoms with van der Waals surface area (Å²) in [5.41, 5.74) is 2.31. The lowest BCUT2D eigenvalue weighted by Gasteiger charge is -2.36. The molecule has 0 aromatic heterocycles. The van der Waals surface area contributed by atoms with Crippen LogP contribution < -0.4 is 4.74 Å². The first-order valence-electron chi connectivity index (χ1n) is 9.53. The van der Waals surface area contributed by atoms with Crippen LogP contribution in [0, 0.1) is 17.5 Å². The number of benzene rings is 2. The monoisotopic (exact) mass is 402 g/mol. The Bertz CT molecular complexity index is 951. The number of rotatable bonds is 3. The number of methoxy groups -OCH3 is 1. The number of hydrogen-bond donors (Lipinski definition) is 0. The van der Waals surface area contributed by atoms with Crippen LogP contribution in [0.4, 0.5) is 13.2 Å². The Hall–Kier alpha value is -2.96. The van der Waals surface area contributed by atoms with E-state index < -0.39 is 17.5 Å². The molecular formula is C22H21F3N2O2. The fraction of sp³-hybridized carbons (Fsp3) is 0.318. The quantitative estimate of drug-likeness (QED) is 0.673. The van der Waals surface area contributed by atoms with Crippen molar-refractivity contribution in [2.75, 3.05) is 20.3 Å². The fourth-order valence-electron chi connectivity index (χ4n) is 3.87. The minimum absolute atomic E-state index is 0.303. The second kappa shape index (κ2) is 8.19. The smallest absolute Gasteiger partial charge is 0.194 e. The van der Waals surface area contributed by atoms with E-state index in [0.29, 0.717) is 31.0 Å². The lowest BCUT2D eigenvalue weighted by Crippen LogP contribution is -2.39. The summed E-state index contributed by atoms with van der Waals surface area (Å²) in [5, 5.41) is 4.29. The van der Waals surface area contributed by atoms with E-state index in [9.17, 15) is 13.2 Å². The van der Waals surface area contributed by atoms with E-state index in [0.717, 1.165) is 41.9 Å². The van der Waals surface area contributed by atoms with Gasteiger partial charge in [-0.1, -0.05) is 17.3 Å². The van der Waals surface area contributed by atoms with Gasteiger partial charge in [-0.15, -0.1) is 0 Å². The van der Waals surface area contributed by atoms with E-state index in [2.05, 4.69) is 5.16 Å². The first-order chi connectivity index (χ1) is 14.1. The lowest BCUT2D eigenvalue weighted by molar-refractivity contribution is 0.140. The molecule has 0 amide bonds. The third kappa shape index (κ3) is 3.95. The van der Waals surface area contributed by atoms with Gasteiger partial charge in [-0.2, -0.15) is 0 Å². The molecule has 0 bridgehead atoms. The van der Waals surface area contributed by atoms with Crippen LogP contribution in [0.25, 0.3) is 6.08 Å². The Morgan fingerprint density at radius 2 is 1.97 bits per heavy atom. The molecule has 0 aliphatic carbocycles.